The molecule has 104 valence electrons. The van der Waals surface area contributed by atoms with Gasteiger partial charge in [-0.25, -0.2) is 13.1 Å². The molecule has 0 unspecified atom stereocenters. The predicted octanol–water partition coefficient (Wildman–Crippen LogP) is 1.63. The highest BCUT2D eigenvalue weighted by molar-refractivity contribution is 7.89. The molecule has 0 aliphatic carbocycles. The van der Waals surface area contributed by atoms with Crippen molar-refractivity contribution in [3.63, 3.8) is 0 Å². The maximum Gasteiger partial charge on any atom is 0.245 e. The van der Waals surface area contributed by atoms with Crippen molar-refractivity contribution in [3.05, 3.63) is 6.20 Å². The van der Waals surface area contributed by atoms with Gasteiger partial charge in [0.15, 0.2) is 0 Å². The normalized spacial score (nSPS) is 11.8. The van der Waals surface area contributed by atoms with Gasteiger partial charge in [-0.3, -0.25) is 5.10 Å². The van der Waals surface area contributed by atoms with E-state index in [0.717, 1.165) is 19.3 Å². The lowest BCUT2D eigenvalue weighted by molar-refractivity contribution is 0.568. The third-order valence-corrected chi connectivity index (χ3v) is 4.23. The number of aromatic amines is 1. The number of rotatable bonds is 9. The van der Waals surface area contributed by atoms with E-state index in [0.29, 0.717) is 6.54 Å². The first-order valence-electron chi connectivity index (χ1n) is 6.36. The molecule has 6 nitrogen and oxygen atoms in total. The van der Waals surface area contributed by atoms with Crippen molar-refractivity contribution in [1.29, 1.82) is 0 Å². The summed E-state index contributed by atoms with van der Waals surface area (Å²) in [7, 11) is -3.51. The van der Waals surface area contributed by atoms with Crippen LogP contribution in [0.5, 0.6) is 0 Å². The number of H-pyrrole nitrogens is 1. The molecule has 0 radical (unpaired) electrons. The number of nitrogen functional groups attached to an aromatic ring is 1. The summed E-state index contributed by atoms with van der Waals surface area (Å²) < 4.78 is 26.1. The molecule has 1 rings (SSSR count). The fourth-order valence-corrected chi connectivity index (χ4v) is 2.78. The van der Waals surface area contributed by atoms with Crippen LogP contribution in [0, 0.1) is 0 Å². The van der Waals surface area contributed by atoms with Gasteiger partial charge >= 0.3 is 0 Å². The van der Waals surface area contributed by atoms with Crippen molar-refractivity contribution in [2.24, 2.45) is 0 Å². The van der Waals surface area contributed by atoms with Crippen LogP contribution in [-0.2, 0) is 10.0 Å². The number of nitrogens with one attached hydrogen (secondary N) is 2. The Morgan fingerprint density at radius 2 is 1.94 bits per heavy atom. The number of hydrogen-bond acceptors (Lipinski definition) is 4. The molecular weight excluding hydrogens is 252 g/mol. The van der Waals surface area contributed by atoms with E-state index < -0.39 is 10.0 Å². The summed E-state index contributed by atoms with van der Waals surface area (Å²) in [5.74, 6) is 0.0745. The molecule has 1 heterocycles. The summed E-state index contributed by atoms with van der Waals surface area (Å²) in [6.07, 6.45) is 7.95. The number of aromatic nitrogens is 2. The minimum absolute atomic E-state index is 0.0217. The first kappa shape index (κ1) is 15.0. The monoisotopic (exact) mass is 274 g/mol. The molecule has 0 amide bonds. The van der Waals surface area contributed by atoms with Crippen molar-refractivity contribution in [1.82, 2.24) is 14.9 Å². The Labute approximate surface area is 108 Å². The van der Waals surface area contributed by atoms with Gasteiger partial charge in [0.25, 0.3) is 0 Å². The average molecular weight is 274 g/mol. The molecule has 0 aromatic carbocycles. The summed E-state index contributed by atoms with van der Waals surface area (Å²) in [6, 6.07) is 0. The number of unbranched alkanes of at least 4 members (excludes halogenated alkanes) is 5. The minimum atomic E-state index is -3.51. The van der Waals surface area contributed by atoms with Crippen LogP contribution in [0.4, 0.5) is 5.82 Å². The Kier molecular flexibility index (Phi) is 6.14. The molecule has 0 aliphatic heterocycles. The van der Waals surface area contributed by atoms with Gasteiger partial charge in [-0.1, -0.05) is 39.0 Å². The third kappa shape index (κ3) is 4.66. The molecule has 4 N–H and O–H groups in total. The van der Waals surface area contributed by atoms with Crippen molar-refractivity contribution >= 4 is 15.8 Å². The average Bonchev–Trinajstić information content (AvgIpc) is 2.75. The summed E-state index contributed by atoms with van der Waals surface area (Å²) in [4.78, 5) is 0.0217. The molecule has 0 atom stereocenters. The fraction of sp³-hybridized carbons (Fsp3) is 0.727. The lowest BCUT2D eigenvalue weighted by Gasteiger charge is -2.05. The number of nitrogens with two attached hydrogens (primary N) is 1. The molecule has 0 saturated heterocycles. The van der Waals surface area contributed by atoms with E-state index in [-0.39, 0.29) is 10.7 Å². The Bertz CT molecular complexity index is 442. The highest BCUT2D eigenvalue weighted by Gasteiger charge is 2.18. The second kappa shape index (κ2) is 7.38. The number of anilines is 1. The van der Waals surface area contributed by atoms with Crippen LogP contribution >= 0.6 is 0 Å². The lowest BCUT2D eigenvalue weighted by Crippen LogP contribution is -2.25. The van der Waals surface area contributed by atoms with E-state index in [2.05, 4.69) is 21.8 Å². The van der Waals surface area contributed by atoms with Gasteiger partial charge in [0.2, 0.25) is 10.0 Å². The van der Waals surface area contributed by atoms with Gasteiger partial charge in [0.1, 0.15) is 10.7 Å². The predicted molar refractivity (Wildman–Crippen MR) is 71.6 cm³/mol. The topological polar surface area (TPSA) is 101 Å². The molecular formula is C11H22N4O2S. The van der Waals surface area contributed by atoms with E-state index in [1.807, 2.05) is 0 Å². The van der Waals surface area contributed by atoms with Gasteiger partial charge in [0, 0.05) is 6.54 Å². The standard InChI is InChI=1S/C11H22N4O2S/c1-2-3-4-5-6-7-8-14-18(16,17)10-9-13-15-11(10)12/h9,14H,2-8H2,1H3,(H3,12,13,15). The Morgan fingerprint density at radius 1 is 1.28 bits per heavy atom. The molecule has 7 heteroatoms. The molecule has 0 bridgehead atoms. The van der Waals surface area contributed by atoms with Crippen LogP contribution < -0.4 is 10.5 Å². The second-order valence-corrected chi connectivity index (χ2v) is 6.05. The van der Waals surface area contributed by atoms with Crippen molar-refractivity contribution in [2.45, 2.75) is 50.3 Å². The maximum atomic E-state index is 11.8. The summed E-state index contributed by atoms with van der Waals surface area (Å²) >= 11 is 0. The zero-order valence-electron chi connectivity index (χ0n) is 10.8. The van der Waals surface area contributed by atoms with E-state index in [4.69, 9.17) is 5.73 Å². The molecule has 18 heavy (non-hydrogen) atoms. The largest absolute Gasteiger partial charge is 0.383 e. The van der Waals surface area contributed by atoms with E-state index in [9.17, 15) is 8.42 Å². The number of nitrogens with zero attached hydrogens (tertiary/aromatic N) is 1. The summed E-state index contributed by atoms with van der Waals surface area (Å²) in [5.41, 5.74) is 5.47. The highest BCUT2D eigenvalue weighted by atomic mass is 32.2. The molecule has 0 spiro atoms. The van der Waals surface area contributed by atoms with Gasteiger partial charge < -0.3 is 5.73 Å². The number of hydrogen-bond donors (Lipinski definition) is 3. The van der Waals surface area contributed by atoms with Crippen LogP contribution in [0.15, 0.2) is 11.1 Å². The van der Waals surface area contributed by atoms with E-state index in [1.54, 1.807) is 0 Å². The Balaban J connectivity index is 2.25. The molecule has 0 saturated carbocycles. The Hall–Kier alpha value is -1.08. The first-order chi connectivity index (χ1) is 8.58. The zero-order chi connectivity index (χ0) is 13.4. The van der Waals surface area contributed by atoms with Gasteiger partial charge in [-0.2, -0.15) is 5.10 Å². The van der Waals surface area contributed by atoms with Crippen molar-refractivity contribution < 1.29 is 8.42 Å². The zero-order valence-corrected chi connectivity index (χ0v) is 11.6. The van der Waals surface area contributed by atoms with Crippen LogP contribution in [-0.4, -0.2) is 25.2 Å². The summed E-state index contributed by atoms with van der Waals surface area (Å²) in [6.45, 7) is 2.61. The molecule has 0 aliphatic rings. The van der Waals surface area contributed by atoms with Gasteiger partial charge in [0.05, 0.1) is 6.20 Å². The first-order valence-corrected chi connectivity index (χ1v) is 7.84. The maximum absolute atomic E-state index is 11.8. The Morgan fingerprint density at radius 3 is 2.56 bits per heavy atom. The highest BCUT2D eigenvalue weighted by Crippen LogP contribution is 2.13. The van der Waals surface area contributed by atoms with Crippen molar-refractivity contribution in [2.75, 3.05) is 12.3 Å². The molecule has 0 fully saturated rings. The van der Waals surface area contributed by atoms with E-state index >= 15 is 0 Å². The quantitative estimate of drug-likeness (QED) is 0.596. The lowest BCUT2D eigenvalue weighted by atomic mass is 10.1. The smallest absolute Gasteiger partial charge is 0.245 e. The second-order valence-electron chi connectivity index (χ2n) is 4.31. The van der Waals surface area contributed by atoms with Crippen LogP contribution in [0.25, 0.3) is 0 Å². The van der Waals surface area contributed by atoms with Crippen molar-refractivity contribution in [3.8, 4) is 0 Å². The minimum Gasteiger partial charge on any atom is -0.383 e. The van der Waals surface area contributed by atoms with Crippen LogP contribution in [0.2, 0.25) is 0 Å². The summed E-state index contributed by atoms with van der Waals surface area (Å²) in [5, 5.41) is 6.01. The fourth-order valence-electron chi connectivity index (χ4n) is 1.69. The SMILES string of the molecule is CCCCCCCCNS(=O)(=O)c1cn[nH]c1N. The van der Waals surface area contributed by atoms with Crippen LogP contribution in [0.3, 0.4) is 0 Å². The molecule has 1 aromatic rings. The third-order valence-electron chi connectivity index (χ3n) is 2.74. The molecule has 1 aromatic heterocycles. The van der Waals surface area contributed by atoms with Crippen LogP contribution in [0.1, 0.15) is 45.4 Å². The van der Waals surface area contributed by atoms with Gasteiger partial charge in [-0.05, 0) is 6.42 Å². The van der Waals surface area contributed by atoms with E-state index in [1.165, 1.54) is 25.5 Å². The number of sulfonamides is 1. The van der Waals surface area contributed by atoms with Gasteiger partial charge in [-0.15, -0.1) is 0 Å².